The molecule has 1 N–H and O–H groups in total. The molecule has 5 nitrogen and oxygen atoms in total. The van der Waals surface area contributed by atoms with Crippen molar-refractivity contribution < 1.29 is 22.4 Å². The number of urea groups is 1. The minimum Gasteiger partial charge on any atom is -0.468 e. The Morgan fingerprint density at radius 2 is 1.89 bits per heavy atom. The maximum atomic E-state index is 12.5. The summed E-state index contributed by atoms with van der Waals surface area (Å²) in [5.41, 5.74) is -3.85. The fourth-order valence-corrected chi connectivity index (χ4v) is 3.44. The maximum Gasteiger partial charge on any atom is 0.446 e. The minimum atomic E-state index is -4.32. The van der Waals surface area contributed by atoms with E-state index in [0.29, 0.717) is 25.3 Å². The van der Waals surface area contributed by atoms with Crippen molar-refractivity contribution in [2.45, 2.75) is 23.4 Å². The van der Waals surface area contributed by atoms with Gasteiger partial charge in [0.05, 0.1) is 12.8 Å². The number of halogens is 3. The number of benzene rings is 1. The number of hydrogen-bond donors (Lipinski definition) is 1. The first kappa shape index (κ1) is 19.6. The average Bonchev–Trinajstić information content (AvgIpc) is 2.99. The van der Waals surface area contributed by atoms with Crippen LogP contribution in [0.3, 0.4) is 0 Å². The van der Waals surface area contributed by atoms with E-state index in [1.54, 1.807) is 11.2 Å². The molecular weight excluding hydrogens is 379 g/mol. The van der Waals surface area contributed by atoms with E-state index >= 15 is 0 Å². The van der Waals surface area contributed by atoms with Gasteiger partial charge in [-0.15, -0.1) is 0 Å². The molecule has 0 bridgehead atoms. The molecule has 1 aromatic heterocycles. The number of amides is 2. The highest BCUT2D eigenvalue weighted by Crippen LogP contribution is 2.37. The van der Waals surface area contributed by atoms with Crippen LogP contribution in [-0.4, -0.2) is 47.5 Å². The van der Waals surface area contributed by atoms with Gasteiger partial charge >= 0.3 is 11.5 Å². The van der Waals surface area contributed by atoms with Gasteiger partial charge < -0.3 is 14.6 Å². The first-order chi connectivity index (χ1) is 12.9. The number of carbonyl (C=O) groups excluding carboxylic acids is 1. The molecule has 2 heterocycles. The van der Waals surface area contributed by atoms with Gasteiger partial charge in [-0.05, 0) is 54.6 Å². The number of alkyl halides is 3. The van der Waals surface area contributed by atoms with Crippen LogP contribution >= 0.6 is 11.8 Å². The lowest BCUT2D eigenvalue weighted by atomic mass is 10.3. The summed E-state index contributed by atoms with van der Waals surface area (Å²) in [6.45, 7) is 3.51. The normalized spacial score (nSPS) is 16.2. The fraction of sp³-hybridized carbons (Fsp3) is 0.389. The molecule has 1 aliphatic rings. The van der Waals surface area contributed by atoms with Crippen LogP contribution in [0.5, 0.6) is 0 Å². The van der Waals surface area contributed by atoms with Crippen LogP contribution in [0.1, 0.15) is 12.2 Å². The molecule has 0 saturated carbocycles. The average molecular weight is 399 g/mol. The van der Waals surface area contributed by atoms with Crippen molar-refractivity contribution >= 4 is 23.5 Å². The quantitative estimate of drug-likeness (QED) is 0.762. The number of furan rings is 1. The highest BCUT2D eigenvalue weighted by atomic mass is 32.2. The van der Waals surface area contributed by atoms with Gasteiger partial charge in [0, 0.05) is 36.8 Å². The first-order valence-corrected chi connectivity index (χ1v) is 9.37. The molecule has 146 valence electrons. The number of nitrogens with one attached hydrogen (secondary N) is 1. The maximum absolute atomic E-state index is 12.5. The van der Waals surface area contributed by atoms with Gasteiger partial charge in [-0.25, -0.2) is 4.79 Å². The molecule has 1 aliphatic heterocycles. The summed E-state index contributed by atoms with van der Waals surface area (Å²) in [7, 11) is 0. The molecule has 1 aromatic carbocycles. The number of hydrogen-bond acceptors (Lipinski definition) is 4. The van der Waals surface area contributed by atoms with Gasteiger partial charge in [0.1, 0.15) is 5.76 Å². The van der Waals surface area contributed by atoms with Crippen molar-refractivity contribution in [3.63, 3.8) is 0 Å². The lowest BCUT2D eigenvalue weighted by Gasteiger charge is -2.22. The van der Waals surface area contributed by atoms with Crippen LogP contribution in [0.4, 0.5) is 23.7 Å². The summed E-state index contributed by atoms with van der Waals surface area (Å²) in [5.74, 6) is 0.893. The Labute approximate surface area is 159 Å². The van der Waals surface area contributed by atoms with Crippen molar-refractivity contribution in [1.29, 1.82) is 0 Å². The third-order valence-electron chi connectivity index (χ3n) is 4.17. The van der Waals surface area contributed by atoms with Crippen molar-refractivity contribution in [3.8, 4) is 0 Å². The topological polar surface area (TPSA) is 48.7 Å². The Hall–Kier alpha value is -2.13. The second-order valence-corrected chi connectivity index (χ2v) is 7.34. The molecule has 0 aliphatic carbocycles. The zero-order valence-electron chi connectivity index (χ0n) is 14.5. The van der Waals surface area contributed by atoms with E-state index in [-0.39, 0.29) is 22.7 Å². The van der Waals surface area contributed by atoms with Gasteiger partial charge in [0.2, 0.25) is 0 Å². The summed E-state index contributed by atoms with van der Waals surface area (Å²) in [4.78, 5) is 16.5. The standard InChI is InChI=1S/C18H20F3N3O2S/c19-18(20,21)27-16-6-4-14(5-7-16)22-17(25)24-9-2-8-23(10-11-24)13-15-3-1-12-26-15/h1,3-7,12H,2,8-11,13H2,(H,22,25). The molecule has 1 saturated heterocycles. The van der Waals surface area contributed by atoms with Crippen LogP contribution in [0.15, 0.2) is 52.0 Å². The zero-order valence-corrected chi connectivity index (χ0v) is 15.4. The molecule has 0 radical (unpaired) electrons. The summed E-state index contributed by atoms with van der Waals surface area (Å²) in [5, 5.41) is 2.75. The molecule has 1 fully saturated rings. The summed E-state index contributed by atoms with van der Waals surface area (Å²) in [6, 6.07) is 9.19. The molecule has 3 rings (SSSR count). The number of rotatable bonds is 4. The van der Waals surface area contributed by atoms with Gasteiger partial charge in [-0.1, -0.05) is 0 Å². The van der Waals surface area contributed by atoms with Gasteiger partial charge in [-0.2, -0.15) is 13.2 Å². The molecular formula is C18H20F3N3O2S. The van der Waals surface area contributed by atoms with Crippen LogP contribution in [-0.2, 0) is 6.54 Å². The van der Waals surface area contributed by atoms with E-state index in [1.807, 2.05) is 12.1 Å². The number of anilines is 1. The van der Waals surface area contributed by atoms with Gasteiger partial charge in [0.25, 0.3) is 0 Å². The lowest BCUT2D eigenvalue weighted by Crippen LogP contribution is -2.38. The van der Waals surface area contributed by atoms with Crippen LogP contribution in [0.2, 0.25) is 0 Å². The van der Waals surface area contributed by atoms with Crippen molar-refractivity contribution in [2.24, 2.45) is 0 Å². The number of nitrogens with zero attached hydrogens (tertiary/aromatic N) is 2. The molecule has 0 atom stereocenters. The van der Waals surface area contributed by atoms with E-state index in [2.05, 4.69) is 10.2 Å². The minimum absolute atomic E-state index is 0.0869. The van der Waals surface area contributed by atoms with Crippen molar-refractivity contribution in [2.75, 3.05) is 31.5 Å². The smallest absolute Gasteiger partial charge is 0.446 e. The monoisotopic (exact) mass is 399 g/mol. The van der Waals surface area contributed by atoms with E-state index in [1.165, 1.54) is 24.3 Å². The largest absolute Gasteiger partial charge is 0.468 e. The Balaban J connectivity index is 1.50. The van der Waals surface area contributed by atoms with Gasteiger partial charge in [-0.3, -0.25) is 4.90 Å². The molecule has 2 aromatic rings. The third-order valence-corrected chi connectivity index (χ3v) is 4.91. The summed E-state index contributed by atoms with van der Waals surface area (Å²) in [6.07, 6.45) is 2.49. The first-order valence-electron chi connectivity index (χ1n) is 8.55. The summed E-state index contributed by atoms with van der Waals surface area (Å²) < 4.78 is 42.4. The highest BCUT2D eigenvalue weighted by Gasteiger charge is 2.29. The second-order valence-electron chi connectivity index (χ2n) is 6.20. The Kier molecular flexibility index (Phi) is 6.33. The molecule has 27 heavy (non-hydrogen) atoms. The van der Waals surface area contributed by atoms with Crippen LogP contribution < -0.4 is 5.32 Å². The lowest BCUT2D eigenvalue weighted by molar-refractivity contribution is -0.0328. The van der Waals surface area contributed by atoms with Crippen molar-refractivity contribution in [1.82, 2.24) is 9.80 Å². The highest BCUT2D eigenvalue weighted by molar-refractivity contribution is 8.00. The fourth-order valence-electron chi connectivity index (χ4n) is 2.90. The molecule has 0 spiro atoms. The summed E-state index contributed by atoms with van der Waals surface area (Å²) >= 11 is -0.176. The predicted molar refractivity (Wildman–Crippen MR) is 97.5 cm³/mol. The van der Waals surface area contributed by atoms with E-state index in [4.69, 9.17) is 4.42 Å². The van der Waals surface area contributed by atoms with E-state index in [9.17, 15) is 18.0 Å². The number of carbonyl (C=O) groups is 1. The van der Waals surface area contributed by atoms with Crippen molar-refractivity contribution in [3.05, 3.63) is 48.4 Å². The second kappa shape index (κ2) is 8.71. The van der Waals surface area contributed by atoms with E-state index < -0.39 is 5.51 Å². The Morgan fingerprint density at radius 1 is 1.11 bits per heavy atom. The zero-order chi connectivity index (χ0) is 19.3. The van der Waals surface area contributed by atoms with E-state index in [0.717, 1.165) is 25.3 Å². The van der Waals surface area contributed by atoms with Crippen LogP contribution in [0, 0.1) is 0 Å². The third kappa shape index (κ3) is 6.21. The van der Waals surface area contributed by atoms with Crippen LogP contribution in [0.25, 0.3) is 0 Å². The molecule has 0 unspecified atom stereocenters. The Bertz CT molecular complexity index is 735. The molecule has 2 amide bonds. The number of thioether (sulfide) groups is 1. The molecule has 9 heteroatoms. The Morgan fingerprint density at radius 3 is 2.56 bits per heavy atom. The SMILES string of the molecule is O=C(Nc1ccc(SC(F)(F)F)cc1)N1CCCN(Cc2ccco2)CC1. The van der Waals surface area contributed by atoms with Gasteiger partial charge in [0.15, 0.2) is 0 Å². The predicted octanol–water partition coefficient (Wildman–Crippen LogP) is 4.63.